The van der Waals surface area contributed by atoms with Gasteiger partial charge in [-0.1, -0.05) is 27.7 Å². The summed E-state index contributed by atoms with van der Waals surface area (Å²) < 4.78 is 0. The van der Waals surface area contributed by atoms with Gasteiger partial charge in [0, 0.05) is 0 Å². The van der Waals surface area contributed by atoms with E-state index in [0.717, 1.165) is 13.8 Å². The van der Waals surface area contributed by atoms with Gasteiger partial charge in [0.05, 0.1) is 0 Å². The summed E-state index contributed by atoms with van der Waals surface area (Å²) >= 11 is 0. The third-order valence-electron chi connectivity index (χ3n) is 1.07. The zero-order valence-corrected chi connectivity index (χ0v) is 12.9. The van der Waals surface area contributed by atoms with Crippen molar-refractivity contribution >= 4 is 29.3 Å². The molecule has 0 aromatic carbocycles. The topological polar surface area (TPSA) is 121 Å². The van der Waals surface area contributed by atoms with Gasteiger partial charge in [0.25, 0.3) is 0 Å². The van der Waals surface area contributed by atoms with Crippen LogP contribution in [-0.4, -0.2) is 51.7 Å². The maximum absolute atomic E-state index is 10.1. The largest absolute Gasteiger partial charge is 2.00 e. The summed E-state index contributed by atoms with van der Waals surface area (Å²) in [5, 5.41) is 35.5. The van der Waals surface area contributed by atoms with E-state index in [0.29, 0.717) is 0 Å². The monoisotopic (exact) mass is 277 g/mol. The Morgan fingerprint density at radius 3 is 1.00 bits per heavy atom. The van der Waals surface area contributed by atoms with Crippen molar-refractivity contribution in [1.82, 2.24) is 0 Å². The van der Waals surface area contributed by atoms with Crippen LogP contribution < -0.4 is 10.2 Å². The maximum Gasteiger partial charge on any atom is 2.00 e. The van der Waals surface area contributed by atoms with Gasteiger partial charge < -0.3 is 20.4 Å². The van der Waals surface area contributed by atoms with E-state index in [1.807, 2.05) is 0 Å². The van der Waals surface area contributed by atoms with Gasteiger partial charge in [0.15, 0.2) is 5.41 Å². The van der Waals surface area contributed by atoms with Crippen LogP contribution in [0.15, 0.2) is 0 Å². The predicted octanol–water partition coefficient (Wildman–Crippen LogP) is -0.689. The molecule has 0 fully saturated rings. The van der Waals surface area contributed by atoms with E-state index in [1.54, 1.807) is 27.7 Å². The summed E-state index contributed by atoms with van der Waals surface area (Å²) in [7, 11) is 0. The predicted molar refractivity (Wildman–Crippen MR) is 65.1 cm³/mol. The third-order valence-corrected chi connectivity index (χ3v) is 1.07. The maximum atomic E-state index is 10.1. The van der Waals surface area contributed by atoms with Gasteiger partial charge in [-0.25, -0.2) is 0 Å². The molecule has 2 N–H and O–H groups in total. The number of hydrogen-bond acceptors (Lipinski definition) is 4. The van der Waals surface area contributed by atoms with E-state index in [1.165, 1.54) is 0 Å². The van der Waals surface area contributed by atoms with Gasteiger partial charge >= 0.3 is 29.3 Å². The molecule has 1 radical (unpaired) electrons. The summed E-state index contributed by atoms with van der Waals surface area (Å²) in [4.78, 5) is 20.2. The summed E-state index contributed by atoms with van der Waals surface area (Å²) in [5.41, 5.74) is -1.67. The fourth-order valence-corrected chi connectivity index (χ4v) is 0.0915. The summed E-state index contributed by atoms with van der Waals surface area (Å²) in [5.74, 6) is -2.65. The van der Waals surface area contributed by atoms with Crippen LogP contribution in [-0.2, 0) is 9.59 Å². The molecule has 18 heavy (non-hydrogen) atoms. The van der Waals surface area contributed by atoms with Gasteiger partial charge in [-0.2, -0.15) is 0 Å². The molecule has 0 aliphatic heterocycles. The molecule has 0 aliphatic carbocycles. The van der Waals surface area contributed by atoms with Crippen molar-refractivity contribution in [3.05, 3.63) is 0 Å². The second-order valence-corrected chi connectivity index (χ2v) is 4.33. The van der Waals surface area contributed by atoms with Crippen molar-refractivity contribution in [2.45, 2.75) is 53.8 Å². The van der Waals surface area contributed by atoms with Crippen LogP contribution in [0, 0.1) is 5.41 Å². The second-order valence-electron chi connectivity index (χ2n) is 4.33. The van der Waals surface area contributed by atoms with Gasteiger partial charge in [-0.3, -0.25) is 9.59 Å². The van der Waals surface area contributed by atoms with Gasteiger partial charge in [-0.05, 0) is 13.8 Å². The molecule has 0 atom stereocenters. The van der Waals surface area contributed by atoms with Crippen LogP contribution in [0.1, 0.15) is 41.5 Å². The molecule has 0 bridgehead atoms. The first kappa shape index (κ1) is 26.1. The molecule has 0 aromatic rings. The third kappa shape index (κ3) is 24.6. The zero-order valence-electron chi connectivity index (χ0n) is 11.8. The van der Waals surface area contributed by atoms with Crippen molar-refractivity contribution in [2.75, 3.05) is 0 Å². The molecule has 0 rings (SSSR count). The standard InChI is InChI=1S/C5H8O4.2C3H7O.Al/c1-5(2,3(6)7)4(8)9;2*1-3(2)4;/h1-2H3,(H,6,7)(H,8,9);2*3H,1-2H3;/q;2*-1;+2. The van der Waals surface area contributed by atoms with E-state index in [2.05, 4.69) is 0 Å². The molecule has 0 aliphatic rings. The van der Waals surface area contributed by atoms with Crippen LogP contribution >= 0.6 is 0 Å². The van der Waals surface area contributed by atoms with Crippen molar-refractivity contribution in [3.8, 4) is 0 Å². The van der Waals surface area contributed by atoms with Crippen molar-refractivity contribution in [1.29, 1.82) is 0 Å². The fraction of sp³-hybridized carbons (Fsp3) is 0.818. The first-order valence-corrected chi connectivity index (χ1v) is 5.14. The Balaban J connectivity index is -0.0000000922. The molecule has 0 amide bonds. The molecule has 0 spiro atoms. The smallest absolute Gasteiger partial charge is 0.852 e. The van der Waals surface area contributed by atoms with Crippen molar-refractivity contribution in [2.24, 2.45) is 5.41 Å². The number of aliphatic carboxylic acids is 2. The Labute approximate surface area is 119 Å². The quantitative estimate of drug-likeness (QED) is 0.509. The zero-order chi connectivity index (χ0) is 14.8. The molecule has 7 heteroatoms. The first-order chi connectivity index (χ1) is 7.35. The van der Waals surface area contributed by atoms with Gasteiger partial charge in [0.2, 0.25) is 0 Å². The van der Waals surface area contributed by atoms with E-state index >= 15 is 0 Å². The normalized spacial score (nSPS) is 9.44. The van der Waals surface area contributed by atoms with Crippen LogP contribution in [0.4, 0.5) is 0 Å². The summed E-state index contributed by atoms with van der Waals surface area (Å²) in [6.45, 7) is 8.72. The van der Waals surface area contributed by atoms with Crippen LogP contribution in [0.3, 0.4) is 0 Å². The number of rotatable bonds is 2. The Bertz CT molecular complexity index is 198. The Morgan fingerprint density at radius 1 is 0.889 bits per heavy atom. The number of carboxylic acids is 2. The minimum atomic E-state index is -1.67. The van der Waals surface area contributed by atoms with Crippen molar-refractivity contribution < 1.29 is 30.0 Å². The van der Waals surface area contributed by atoms with E-state index in [4.69, 9.17) is 10.2 Å². The molecule has 0 aromatic heterocycles. The minimum Gasteiger partial charge on any atom is -0.852 e. The Morgan fingerprint density at radius 2 is 1.00 bits per heavy atom. The van der Waals surface area contributed by atoms with Crippen LogP contribution in [0.5, 0.6) is 0 Å². The van der Waals surface area contributed by atoms with Gasteiger partial charge in [0.1, 0.15) is 0 Å². The molecule has 0 heterocycles. The van der Waals surface area contributed by atoms with E-state index in [9.17, 15) is 19.8 Å². The molecule has 0 saturated heterocycles. The molecular weight excluding hydrogens is 255 g/mol. The van der Waals surface area contributed by atoms with E-state index in [-0.39, 0.29) is 17.4 Å². The summed E-state index contributed by atoms with van der Waals surface area (Å²) in [6, 6.07) is 0. The van der Waals surface area contributed by atoms with Crippen molar-refractivity contribution in [3.63, 3.8) is 0 Å². The molecule has 0 saturated carbocycles. The average Bonchev–Trinajstić information content (AvgIpc) is 2.00. The number of carboxylic acid groups (broad SMARTS) is 2. The van der Waals surface area contributed by atoms with Gasteiger partial charge in [-0.15, -0.1) is 12.2 Å². The first-order valence-electron chi connectivity index (χ1n) is 5.14. The minimum absolute atomic E-state index is 0. The second kappa shape index (κ2) is 12.8. The number of hydrogen-bond donors (Lipinski definition) is 2. The van der Waals surface area contributed by atoms with E-state index < -0.39 is 29.6 Å². The Hall–Kier alpha value is -0.608. The molecule has 105 valence electrons. The number of carbonyl (C=O) groups is 2. The Kier molecular flexibility index (Phi) is 18.6. The molecule has 0 unspecified atom stereocenters. The fourth-order valence-electron chi connectivity index (χ4n) is 0.0915. The molecular formula is C11H22AlO6. The summed E-state index contributed by atoms with van der Waals surface area (Å²) in [6.07, 6.45) is -0.833. The molecule has 6 nitrogen and oxygen atoms in total. The SMILES string of the molecule is CC(C)(C(=O)O)C(=O)O.CC(C)[O-].CC(C)[O-].[Al+2]. The van der Waals surface area contributed by atoms with Crippen LogP contribution in [0.25, 0.3) is 0 Å². The average molecular weight is 277 g/mol. The van der Waals surface area contributed by atoms with Crippen LogP contribution in [0.2, 0.25) is 0 Å².